The molecule has 1 aliphatic rings. The zero-order chi connectivity index (χ0) is 12.3. The van der Waals surface area contributed by atoms with Gasteiger partial charge in [0, 0.05) is 26.2 Å². The van der Waals surface area contributed by atoms with Crippen molar-refractivity contribution >= 4 is 24.0 Å². The third kappa shape index (κ3) is 3.56. The zero-order valence-corrected chi connectivity index (χ0v) is 11.5. The quantitative estimate of drug-likeness (QED) is 0.893. The molecule has 0 radical (unpaired) electrons. The number of benzene rings is 1. The van der Waals surface area contributed by atoms with Crippen LogP contribution in [0.2, 0.25) is 5.02 Å². The molecule has 0 amide bonds. The van der Waals surface area contributed by atoms with Crippen molar-refractivity contribution in [2.75, 3.05) is 32.8 Å². The molecule has 0 saturated carbocycles. The first kappa shape index (κ1) is 15.7. The minimum Gasteiger partial charge on any atom is -0.394 e. The average molecular weight is 295 g/mol. The van der Waals surface area contributed by atoms with Crippen molar-refractivity contribution in [3.8, 4) is 0 Å². The van der Waals surface area contributed by atoms with Crippen molar-refractivity contribution < 1.29 is 9.50 Å². The van der Waals surface area contributed by atoms with Gasteiger partial charge >= 0.3 is 0 Å². The number of nitrogens with one attached hydrogen (secondary N) is 1. The van der Waals surface area contributed by atoms with E-state index in [1.165, 1.54) is 6.07 Å². The van der Waals surface area contributed by atoms with Gasteiger partial charge in [0.15, 0.2) is 0 Å². The Bertz CT molecular complexity index is 386. The lowest BCUT2D eigenvalue weighted by molar-refractivity contribution is 0.111. The van der Waals surface area contributed by atoms with Gasteiger partial charge in [0.1, 0.15) is 5.82 Å². The van der Waals surface area contributed by atoms with Crippen LogP contribution >= 0.6 is 24.0 Å². The van der Waals surface area contributed by atoms with Gasteiger partial charge in [-0.25, -0.2) is 4.39 Å². The van der Waals surface area contributed by atoms with Crippen LogP contribution in [0.5, 0.6) is 0 Å². The highest BCUT2D eigenvalue weighted by Gasteiger charge is 2.21. The van der Waals surface area contributed by atoms with Crippen LogP contribution in [0.25, 0.3) is 0 Å². The van der Waals surface area contributed by atoms with Crippen LogP contribution < -0.4 is 5.32 Å². The van der Waals surface area contributed by atoms with Crippen molar-refractivity contribution in [2.45, 2.75) is 6.04 Å². The van der Waals surface area contributed by atoms with Crippen LogP contribution in [0.4, 0.5) is 4.39 Å². The molecule has 0 aliphatic carbocycles. The number of aliphatic hydroxyl groups excluding tert-OH is 1. The normalized spacial score (nSPS) is 18.2. The minimum absolute atomic E-state index is 0. The maximum Gasteiger partial charge on any atom is 0.141 e. The lowest BCUT2D eigenvalue weighted by Gasteiger charge is -2.34. The standard InChI is InChI=1S/C12H16ClFN2O.ClH/c13-10-7-9(1-2-11(10)14)12(8-17)16-5-3-15-4-6-16;/h1-2,7,12,15,17H,3-6,8H2;1H/t12-;/m1./s1. The molecule has 6 heteroatoms. The SMILES string of the molecule is Cl.OC[C@H](c1ccc(F)c(Cl)c1)N1CCNCC1. The molecule has 1 aliphatic heterocycles. The molecule has 102 valence electrons. The Hall–Kier alpha value is -0.390. The molecule has 18 heavy (non-hydrogen) atoms. The fraction of sp³-hybridized carbons (Fsp3) is 0.500. The van der Waals surface area contributed by atoms with Gasteiger partial charge in [0.05, 0.1) is 17.7 Å². The van der Waals surface area contributed by atoms with Crippen molar-refractivity contribution in [3.63, 3.8) is 0 Å². The van der Waals surface area contributed by atoms with Crippen molar-refractivity contribution in [2.24, 2.45) is 0 Å². The van der Waals surface area contributed by atoms with Crippen LogP contribution in [0.1, 0.15) is 11.6 Å². The molecule has 3 nitrogen and oxygen atoms in total. The third-order valence-electron chi connectivity index (χ3n) is 3.09. The highest BCUT2D eigenvalue weighted by atomic mass is 35.5. The number of nitrogens with zero attached hydrogens (tertiary/aromatic N) is 1. The van der Waals surface area contributed by atoms with Crippen LogP contribution in [-0.2, 0) is 0 Å². The second kappa shape index (κ2) is 7.26. The molecular weight excluding hydrogens is 278 g/mol. The molecular formula is C12H17Cl2FN2O. The van der Waals surface area contributed by atoms with E-state index in [0.717, 1.165) is 31.7 Å². The molecule has 0 unspecified atom stereocenters. The van der Waals surface area contributed by atoms with E-state index in [1.807, 2.05) is 0 Å². The molecule has 1 fully saturated rings. The van der Waals surface area contributed by atoms with E-state index in [4.69, 9.17) is 11.6 Å². The van der Waals surface area contributed by atoms with Gasteiger partial charge in [-0.05, 0) is 17.7 Å². The highest BCUT2D eigenvalue weighted by Crippen LogP contribution is 2.25. The maximum absolute atomic E-state index is 13.1. The Kier molecular flexibility index (Phi) is 6.32. The smallest absolute Gasteiger partial charge is 0.141 e. The minimum atomic E-state index is -0.424. The molecule has 0 aromatic heterocycles. The summed E-state index contributed by atoms with van der Waals surface area (Å²) in [5, 5.41) is 12.9. The first-order valence-electron chi connectivity index (χ1n) is 5.73. The topological polar surface area (TPSA) is 35.5 Å². The van der Waals surface area contributed by atoms with Crippen LogP contribution in [0.3, 0.4) is 0 Å². The van der Waals surface area contributed by atoms with Gasteiger partial charge in [-0.2, -0.15) is 0 Å². The van der Waals surface area contributed by atoms with Crippen molar-refractivity contribution in [1.29, 1.82) is 0 Å². The van der Waals surface area contributed by atoms with Gasteiger partial charge in [-0.1, -0.05) is 17.7 Å². The van der Waals surface area contributed by atoms with E-state index in [2.05, 4.69) is 10.2 Å². The summed E-state index contributed by atoms with van der Waals surface area (Å²) in [4.78, 5) is 2.18. The summed E-state index contributed by atoms with van der Waals surface area (Å²) < 4.78 is 13.1. The van der Waals surface area contributed by atoms with Gasteiger partial charge in [0.25, 0.3) is 0 Å². The van der Waals surface area contributed by atoms with Crippen molar-refractivity contribution in [1.82, 2.24) is 10.2 Å². The fourth-order valence-corrected chi connectivity index (χ4v) is 2.33. The number of aliphatic hydroxyl groups is 1. The van der Waals surface area contributed by atoms with E-state index in [-0.39, 0.29) is 30.1 Å². The lowest BCUT2D eigenvalue weighted by atomic mass is 10.1. The molecule has 0 spiro atoms. The van der Waals surface area contributed by atoms with E-state index in [9.17, 15) is 9.50 Å². The summed E-state index contributed by atoms with van der Waals surface area (Å²) in [6.45, 7) is 3.58. The highest BCUT2D eigenvalue weighted by molar-refractivity contribution is 6.30. The predicted molar refractivity (Wildman–Crippen MR) is 72.9 cm³/mol. The molecule has 1 aromatic carbocycles. The first-order valence-corrected chi connectivity index (χ1v) is 6.10. The fourth-order valence-electron chi connectivity index (χ4n) is 2.15. The lowest BCUT2D eigenvalue weighted by Crippen LogP contribution is -2.46. The molecule has 0 bridgehead atoms. The molecule has 1 saturated heterocycles. The number of piperazine rings is 1. The summed E-state index contributed by atoms with van der Waals surface area (Å²) in [6.07, 6.45) is 0. The van der Waals surface area contributed by atoms with Crippen molar-refractivity contribution in [3.05, 3.63) is 34.6 Å². The number of hydrogen-bond acceptors (Lipinski definition) is 3. The zero-order valence-electron chi connectivity index (χ0n) is 9.90. The predicted octanol–water partition coefficient (Wildman–Crippen LogP) is 1.84. The van der Waals surface area contributed by atoms with Crippen LogP contribution in [0, 0.1) is 5.82 Å². The van der Waals surface area contributed by atoms with E-state index in [1.54, 1.807) is 12.1 Å². The number of rotatable bonds is 3. The second-order valence-electron chi connectivity index (χ2n) is 4.16. The first-order chi connectivity index (χ1) is 8.22. The Morgan fingerprint density at radius 2 is 2.06 bits per heavy atom. The molecule has 2 N–H and O–H groups in total. The van der Waals surface area contributed by atoms with E-state index >= 15 is 0 Å². The second-order valence-corrected chi connectivity index (χ2v) is 4.57. The van der Waals surface area contributed by atoms with E-state index < -0.39 is 5.82 Å². The Morgan fingerprint density at radius 3 is 2.61 bits per heavy atom. The summed E-state index contributed by atoms with van der Waals surface area (Å²) in [5.41, 5.74) is 0.862. The van der Waals surface area contributed by atoms with Crippen LogP contribution in [-0.4, -0.2) is 42.8 Å². The van der Waals surface area contributed by atoms with Gasteiger partial charge < -0.3 is 10.4 Å². The summed E-state index contributed by atoms with van der Waals surface area (Å²) in [5.74, 6) is -0.424. The summed E-state index contributed by atoms with van der Waals surface area (Å²) >= 11 is 5.77. The maximum atomic E-state index is 13.1. The summed E-state index contributed by atoms with van der Waals surface area (Å²) in [6, 6.07) is 4.53. The molecule has 2 rings (SSSR count). The molecule has 1 heterocycles. The average Bonchev–Trinajstić information content (AvgIpc) is 2.36. The monoisotopic (exact) mass is 294 g/mol. The molecule has 1 aromatic rings. The van der Waals surface area contributed by atoms with Crippen LogP contribution in [0.15, 0.2) is 18.2 Å². The largest absolute Gasteiger partial charge is 0.394 e. The van der Waals surface area contributed by atoms with Gasteiger partial charge in [-0.3, -0.25) is 4.90 Å². The summed E-state index contributed by atoms with van der Waals surface area (Å²) in [7, 11) is 0. The van der Waals surface area contributed by atoms with E-state index in [0.29, 0.717) is 0 Å². The third-order valence-corrected chi connectivity index (χ3v) is 3.38. The number of halogens is 3. The molecule has 1 atom stereocenters. The Balaban J connectivity index is 0.00000162. The number of hydrogen-bond donors (Lipinski definition) is 2. The van der Waals surface area contributed by atoms with Gasteiger partial charge in [-0.15, -0.1) is 12.4 Å². The Labute approximate surface area is 117 Å². The van der Waals surface area contributed by atoms with Gasteiger partial charge in [0.2, 0.25) is 0 Å². The Morgan fingerprint density at radius 1 is 1.39 bits per heavy atom.